The van der Waals surface area contributed by atoms with Crippen LogP contribution in [0.1, 0.15) is 0 Å². The molecule has 2 heterocycles. The largest absolute Gasteiger partial charge is 0.393 e. The zero-order valence-corrected chi connectivity index (χ0v) is 5.79. The second kappa shape index (κ2) is 1.97. The summed E-state index contributed by atoms with van der Waals surface area (Å²) in [6.07, 6.45) is 3.95. The molecular weight excluding hydrogens is 130 g/mol. The van der Waals surface area contributed by atoms with Crippen LogP contribution in [-0.2, 0) is 4.74 Å². The van der Waals surface area contributed by atoms with Crippen LogP contribution in [-0.4, -0.2) is 41.9 Å². The summed E-state index contributed by atoms with van der Waals surface area (Å²) in [7, 11) is 0. The third-order valence-corrected chi connectivity index (χ3v) is 2.10. The Kier molecular flexibility index (Phi) is 1.22. The number of fused-ring (bicyclic) bond motifs is 2. The van der Waals surface area contributed by atoms with Crippen LogP contribution in [0.15, 0.2) is 12.3 Å². The molecule has 1 unspecified atom stereocenters. The van der Waals surface area contributed by atoms with Gasteiger partial charge in [-0.25, -0.2) is 0 Å². The lowest BCUT2D eigenvalue weighted by molar-refractivity contribution is -0.0788. The molecule has 0 radical (unpaired) electrons. The molecule has 3 heteroatoms. The SMILES string of the molecule is OCC12C=CN(CCO1)C2. The maximum absolute atomic E-state index is 8.97. The summed E-state index contributed by atoms with van der Waals surface area (Å²) in [6, 6.07) is 0. The van der Waals surface area contributed by atoms with Gasteiger partial charge >= 0.3 is 0 Å². The van der Waals surface area contributed by atoms with E-state index in [2.05, 4.69) is 4.90 Å². The van der Waals surface area contributed by atoms with E-state index in [1.54, 1.807) is 0 Å². The van der Waals surface area contributed by atoms with Crippen molar-refractivity contribution in [3.63, 3.8) is 0 Å². The Balaban J connectivity index is 2.17. The molecule has 3 nitrogen and oxygen atoms in total. The third kappa shape index (κ3) is 0.744. The van der Waals surface area contributed by atoms with E-state index in [-0.39, 0.29) is 12.2 Å². The van der Waals surface area contributed by atoms with Crippen LogP contribution in [0.3, 0.4) is 0 Å². The third-order valence-electron chi connectivity index (χ3n) is 2.10. The molecule has 2 bridgehead atoms. The van der Waals surface area contributed by atoms with E-state index in [4.69, 9.17) is 9.84 Å². The fourth-order valence-corrected chi connectivity index (χ4v) is 1.45. The molecule has 2 aliphatic rings. The summed E-state index contributed by atoms with van der Waals surface area (Å²) in [6.45, 7) is 2.61. The monoisotopic (exact) mass is 141 g/mol. The van der Waals surface area contributed by atoms with Gasteiger partial charge in [-0.15, -0.1) is 0 Å². The van der Waals surface area contributed by atoms with Gasteiger partial charge in [0.2, 0.25) is 0 Å². The van der Waals surface area contributed by atoms with Crippen molar-refractivity contribution in [2.75, 3.05) is 26.3 Å². The van der Waals surface area contributed by atoms with Gasteiger partial charge in [0.05, 0.1) is 19.8 Å². The van der Waals surface area contributed by atoms with Gasteiger partial charge in [-0.2, -0.15) is 0 Å². The summed E-state index contributed by atoms with van der Waals surface area (Å²) in [5.74, 6) is 0. The molecule has 56 valence electrons. The molecule has 0 aromatic carbocycles. The van der Waals surface area contributed by atoms with Gasteiger partial charge in [0, 0.05) is 6.54 Å². The van der Waals surface area contributed by atoms with Gasteiger partial charge in [-0.3, -0.25) is 0 Å². The van der Waals surface area contributed by atoms with Crippen molar-refractivity contribution in [3.05, 3.63) is 12.3 Å². The van der Waals surface area contributed by atoms with Crippen LogP contribution in [0, 0.1) is 0 Å². The number of rotatable bonds is 1. The zero-order valence-electron chi connectivity index (χ0n) is 5.79. The highest BCUT2D eigenvalue weighted by Gasteiger charge is 2.36. The molecule has 0 spiro atoms. The van der Waals surface area contributed by atoms with Gasteiger partial charge in [0.15, 0.2) is 0 Å². The number of aliphatic hydroxyl groups excluding tert-OH is 1. The van der Waals surface area contributed by atoms with Crippen molar-refractivity contribution in [3.8, 4) is 0 Å². The van der Waals surface area contributed by atoms with Gasteiger partial charge < -0.3 is 14.7 Å². The molecule has 1 saturated heterocycles. The molecule has 0 aromatic rings. The lowest BCUT2D eigenvalue weighted by atomic mass is 10.1. The van der Waals surface area contributed by atoms with Crippen molar-refractivity contribution >= 4 is 0 Å². The molecule has 0 aliphatic carbocycles. The normalized spacial score (nSPS) is 37.1. The minimum Gasteiger partial charge on any atom is -0.393 e. The van der Waals surface area contributed by atoms with E-state index in [0.717, 1.165) is 19.7 Å². The van der Waals surface area contributed by atoms with Gasteiger partial charge in [-0.1, -0.05) is 0 Å². The van der Waals surface area contributed by atoms with Crippen molar-refractivity contribution in [2.24, 2.45) is 0 Å². The summed E-state index contributed by atoms with van der Waals surface area (Å²) < 4.78 is 5.43. The van der Waals surface area contributed by atoms with Crippen LogP contribution in [0.5, 0.6) is 0 Å². The van der Waals surface area contributed by atoms with Gasteiger partial charge in [0.25, 0.3) is 0 Å². The van der Waals surface area contributed by atoms with Crippen LogP contribution in [0.25, 0.3) is 0 Å². The zero-order chi connectivity index (χ0) is 7.03. The van der Waals surface area contributed by atoms with E-state index < -0.39 is 0 Å². The maximum Gasteiger partial charge on any atom is 0.128 e. The Morgan fingerprint density at radius 1 is 1.70 bits per heavy atom. The van der Waals surface area contributed by atoms with E-state index in [1.165, 1.54) is 0 Å². The number of aliphatic hydroxyl groups is 1. The molecule has 1 N–H and O–H groups in total. The average Bonchev–Trinajstić information content (AvgIpc) is 2.29. The molecule has 0 aromatic heterocycles. The lowest BCUT2D eigenvalue weighted by Gasteiger charge is -2.33. The first-order valence-corrected chi connectivity index (χ1v) is 3.53. The quantitative estimate of drug-likeness (QED) is 0.538. The number of ether oxygens (including phenoxy) is 1. The minimum atomic E-state index is -0.363. The fourth-order valence-electron chi connectivity index (χ4n) is 1.45. The summed E-state index contributed by atoms with van der Waals surface area (Å²) in [5, 5.41) is 8.97. The molecular formula is C7H11NO2. The molecule has 2 aliphatic heterocycles. The van der Waals surface area contributed by atoms with Crippen LogP contribution in [0.4, 0.5) is 0 Å². The van der Waals surface area contributed by atoms with Crippen LogP contribution in [0.2, 0.25) is 0 Å². The molecule has 1 atom stereocenters. The first kappa shape index (κ1) is 6.19. The predicted molar refractivity (Wildman–Crippen MR) is 36.5 cm³/mol. The maximum atomic E-state index is 8.97. The standard InChI is InChI=1S/C7H11NO2/c9-6-7-1-2-8(5-7)3-4-10-7/h1-2,9H,3-6H2. The lowest BCUT2D eigenvalue weighted by Crippen LogP contribution is -2.46. The van der Waals surface area contributed by atoms with E-state index in [0.29, 0.717) is 0 Å². The topological polar surface area (TPSA) is 32.7 Å². The van der Waals surface area contributed by atoms with Crippen molar-refractivity contribution in [1.82, 2.24) is 4.90 Å². The average molecular weight is 141 g/mol. The second-order valence-corrected chi connectivity index (χ2v) is 2.86. The highest BCUT2D eigenvalue weighted by molar-refractivity contribution is 5.12. The number of hydrogen-bond acceptors (Lipinski definition) is 3. The van der Waals surface area contributed by atoms with E-state index in [9.17, 15) is 0 Å². The van der Waals surface area contributed by atoms with Crippen LogP contribution < -0.4 is 0 Å². The second-order valence-electron chi connectivity index (χ2n) is 2.86. The Hall–Kier alpha value is -0.540. The van der Waals surface area contributed by atoms with Gasteiger partial charge in [0.1, 0.15) is 5.60 Å². The van der Waals surface area contributed by atoms with Crippen LogP contribution >= 0.6 is 0 Å². The highest BCUT2D eigenvalue weighted by Crippen LogP contribution is 2.24. The Morgan fingerprint density at radius 3 is 3.30 bits per heavy atom. The first-order chi connectivity index (χ1) is 4.85. The Morgan fingerprint density at radius 2 is 2.60 bits per heavy atom. The van der Waals surface area contributed by atoms with Crippen molar-refractivity contribution < 1.29 is 9.84 Å². The van der Waals surface area contributed by atoms with E-state index >= 15 is 0 Å². The number of morpholine rings is 1. The smallest absolute Gasteiger partial charge is 0.128 e. The van der Waals surface area contributed by atoms with Crippen molar-refractivity contribution in [2.45, 2.75) is 5.60 Å². The Bertz CT molecular complexity index is 169. The molecule has 0 amide bonds. The molecule has 1 fully saturated rings. The highest BCUT2D eigenvalue weighted by atomic mass is 16.5. The summed E-state index contributed by atoms with van der Waals surface area (Å²) in [4.78, 5) is 2.17. The molecule has 10 heavy (non-hydrogen) atoms. The van der Waals surface area contributed by atoms with E-state index in [1.807, 2.05) is 12.3 Å². The molecule has 0 saturated carbocycles. The fraction of sp³-hybridized carbons (Fsp3) is 0.714. The Labute approximate surface area is 59.9 Å². The predicted octanol–water partition coefficient (Wildman–Crippen LogP) is -0.423. The first-order valence-electron chi connectivity index (χ1n) is 3.53. The van der Waals surface area contributed by atoms with Crippen molar-refractivity contribution in [1.29, 1.82) is 0 Å². The van der Waals surface area contributed by atoms with Gasteiger partial charge in [-0.05, 0) is 12.3 Å². The minimum absolute atomic E-state index is 0.0972. The molecule has 2 rings (SSSR count). The number of hydrogen-bond donors (Lipinski definition) is 1. The summed E-state index contributed by atoms with van der Waals surface area (Å²) in [5.41, 5.74) is -0.363. The summed E-state index contributed by atoms with van der Waals surface area (Å²) >= 11 is 0. The number of nitrogens with zero attached hydrogens (tertiary/aromatic N) is 1.